The minimum Gasteiger partial charge on any atom is -0.459 e. The van der Waals surface area contributed by atoms with E-state index >= 15 is 0 Å². The molecule has 0 radical (unpaired) electrons. The Morgan fingerprint density at radius 1 is 0.944 bits per heavy atom. The van der Waals surface area contributed by atoms with Crippen LogP contribution in [0.25, 0.3) is 0 Å². The molecule has 0 bridgehead atoms. The lowest BCUT2D eigenvalue weighted by Gasteiger charge is -2.36. The maximum absolute atomic E-state index is 11.5. The smallest absolute Gasteiger partial charge is 0.303 e. The van der Waals surface area contributed by atoms with Gasteiger partial charge in [0.25, 0.3) is 0 Å². The first-order valence-electron chi connectivity index (χ1n) is 6.32. The van der Waals surface area contributed by atoms with Gasteiger partial charge in [-0.3, -0.25) is 14.4 Å². The van der Waals surface area contributed by atoms with Crippen LogP contribution in [0.5, 0.6) is 0 Å². The number of ketones is 1. The summed E-state index contributed by atoms with van der Waals surface area (Å²) in [6.07, 6.45) is 1.56. The number of hydrogen-bond donors (Lipinski definition) is 0. The van der Waals surface area contributed by atoms with Crippen molar-refractivity contribution in [3.05, 3.63) is 0 Å². The van der Waals surface area contributed by atoms with Gasteiger partial charge in [0.15, 0.2) is 0 Å². The van der Waals surface area contributed by atoms with E-state index in [-0.39, 0.29) is 29.6 Å². The molecule has 0 N–H and O–H groups in total. The van der Waals surface area contributed by atoms with Crippen molar-refractivity contribution in [2.75, 3.05) is 0 Å². The SMILES string of the molecule is CC(=O)O[C@H]1C[C@H]2CC(=O)C[C@@H]2C[C@H]1OC(C)=O. The minimum atomic E-state index is -0.404. The van der Waals surface area contributed by atoms with Gasteiger partial charge in [0.05, 0.1) is 0 Å². The van der Waals surface area contributed by atoms with Crippen molar-refractivity contribution in [3.8, 4) is 0 Å². The van der Waals surface area contributed by atoms with Crippen molar-refractivity contribution >= 4 is 17.7 Å². The standard InChI is InChI=1S/C13H18O5/c1-7(14)17-12-5-9-3-11(16)4-10(9)6-13(12)18-8(2)15/h9-10,12-13H,3-6H2,1-2H3/t9-,10-,12-,13+/m1/s1. The zero-order chi connectivity index (χ0) is 13.3. The van der Waals surface area contributed by atoms with E-state index in [4.69, 9.17) is 9.47 Å². The molecule has 0 saturated heterocycles. The minimum absolute atomic E-state index is 0.259. The van der Waals surface area contributed by atoms with Gasteiger partial charge in [-0.2, -0.15) is 0 Å². The van der Waals surface area contributed by atoms with Crippen molar-refractivity contribution in [3.63, 3.8) is 0 Å². The third-order valence-electron chi connectivity index (χ3n) is 3.77. The molecule has 0 heterocycles. The molecule has 5 heteroatoms. The van der Waals surface area contributed by atoms with E-state index in [1.165, 1.54) is 13.8 Å². The summed E-state index contributed by atoms with van der Waals surface area (Å²) in [4.78, 5) is 33.6. The number of carbonyl (C=O) groups is 3. The molecule has 0 aromatic carbocycles. The van der Waals surface area contributed by atoms with Gasteiger partial charge in [-0.25, -0.2) is 0 Å². The van der Waals surface area contributed by atoms with Gasteiger partial charge in [0.1, 0.15) is 18.0 Å². The summed E-state index contributed by atoms with van der Waals surface area (Å²) in [5, 5.41) is 0. The van der Waals surface area contributed by atoms with Crippen LogP contribution < -0.4 is 0 Å². The Hall–Kier alpha value is -1.39. The van der Waals surface area contributed by atoms with Gasteiger partial charge in [0.2, 0.25) is 0 Å². The molecule has 0 aromatic heterocycles. The summed E-state index contributed by atoms with van der Waals surface area (Å²) in [6, 6.07) is 0. The third-order valence-corrected chi connectivity index (χ3v) is 3.77. The number of rotatable bonds is 2. The van der Waals surface area contributed by atoms with Gasteiger partial charge in [0, 0.05) is 26.7 Å². The highest BCUT2D eigenvalue weighted by atomic mass is 16.6. The fourth-order valence-corrected chi connectivity index (χ4v) is 3.13. The first-order chi connectivity index (χ1) is 8.45. The van der Waals surface area contributed by atoms with Crippen LogP contribution in [0.1, 0.15) is 39.5 Å². The maximum Gasteiger partial charge on any atom is 0.303 e. The number of ether oxygens (including phenoxy) is 2. The molecule has 2 fully saturated rings. The van der Waals surface area contributed by atoms with E-state index in [9.17, 15) is 14.4 Å². The highest BCUT2D eigenvalue weighted by molar-refractivity contribution is 5.81. The molecule has 0 amide bonds. The molecule has 0 aromatic rings. The molecule has 2 aliphatic rings. The topological polar surface area (TPSA) is 69.7 Å². The molecule has 0 aliphatic heterocycles. The second-order valence-corrected chi connectivity index (χ2v) is 5.23. The quantitative estimate of drug-likeness (QED) is 0.693. The van der Waals surface area contributed by atoms with Crippen LogP contribution in [0.4, 0.5) is 0 Å². The molecule has 18 heavy (non-hydrogen) atoms. The molecule has 5 nitrogen and oxygen atoms in total. The number of fused-ring (bicyclic) bond motifs is 1. The van der Waals surface area contributed by atoms with Crippen LogP contribution in [0.15, 0.2) is 0 Å². The zero-order valence-corrected chi connectivity index (χ0v) is 10.7. The molecule has 100 valence electrons. The average molecular weight is 254 g/mol. The lowest BCUT2D eigenvalue weighted by molar-refractivity contribution is -0.172. The molecule has 2 rings (SSSR count). The normalized spacial score (nSPS) is 34.9. The number of Topliss-reactive ketones (excluding diaryl/α,β-unsaturated/α-hetero) is 1. The molecule has 2 aliphatic carbocycles. The highest BCUT2D eigenvalue weighted by Gasteiger charge is 2.44. The lowest BCUT2D eigenvalue weighted by Crippen LogP contribution is -2.42. The molecule has 2 saturated carbocycles. The summed E-state index contributed by atoms with van der Waals surface area (Å²) in [5.74, 6) is 0.0530. The van der Waals surface area contributed by atoms with E-state index in [0.717, 1.165) is 0 Å². The Balaban J connectivity index is 2.07. The fourth-order valence-electron chi connectivity index (χ4n) is 3.13. The maximum atomic E-state index is 11.5. The van der Waals surface area contributed by atoms with E-state index in [1.54, 1.807) is 0 Å². The Morgan fingerprint density at radius 3 is 1.67 bits per heavy atom. The molecular weight excluding hydrogens is 236 g/mol. The van der Waals surface area contributed by atoms with Crippen LogP contribution in [0.3, 0.4) is 0 Å². The van der Waals surface area contributed by atoms with Crippen LogP contribution in [-0.2, 0) is 23.9 Å². The molecule has 4 atom stereocenters. The molecule has 0 unspecified atom stereocenters. The third kappa shape index (κ3) is 2.89. The Bertz CT molecular complexity index is 342. The van der Waals surface area contributed by atoms with Gasteiger partial charge in [-0.05, 0) is 24.7 Å². The second kappa shape index (κ2) is 5.08. The zero-order valence-electron chi connectivity index (χ0n) is 10.7. The lowest BCUT2D eigenvalue weighted by atomic mass is 9.78. The Morgan fingerprint density at radius 2 is 1.33 bits per heavy atom. The van der Waals surface area contributed by atoms with Crippen LogP contribution in [0, 0.1) is 11.8 Å². The van der Waals surface area contributed by atoms with Gasteiger partial charge >= 0.3 is 11.9 Å². The van der Waals surface area contributed by atoms with Crippen molar-refractivity contribution in [1.29, 1.82) is 0 Å². The van der Waals surface area contributed by atoms with Gasteiger partial charge < -0.3 is 9.47 Å². The summed E-state index contributed by atoms with van der Waals surface area (Å²) in [5.41, 5.74) is 0. The summed E-state index contributed by atoms with van der Waals surface area (Å²) >= 11 is 0. The van der Waals surface area contributed by atoms with E-state index in [2.05, 4.69) is 0 Å². The summed E-state index contributed by atoms with van der Waals surface area (Å²) in [6.45, 7) is 2.69. The average Bonchev–Trinajstić information content (AvgIpc) is 2.56. The largest absolute Gasteiger partial charge is 0.459 e. The summed E-state index contributed by atoms with van der Waals surface area (Å²) < 4.78 is 10.4. The van der Waals surface area contributed by atoms with E-state index in [0.29, 0.717) is 25.7 Å². The first kappa shape index (κ1) is 13.1. The Labute approximate surface area is 106 Å². The molecule has 0 spiro atoms. The predicted octanol–water partition coefficient (Wildman–Crippen LogP) is 1.24. The van der Waals surface area contributed by atoms with Crippen LogP contribution in [0.2, 0.25) is 0 Å². The number of carbonyl (C=O) groups excluding carboxylic acids is 3. The number of hydrogen-bond acceptors (Lipinski definition) is 5. The number of esters is 2. The van der Waals surface area contributed by atoms with E-state index < -0.39 is 12.2 Å². The van der Waals surface area contributed by atoms with Crippen LogP contribution in [-0.4, -0.2) is 29.9 Å². The van der Waals surface area contributed by atoms with Gasteiger partial charge in [-0.1, -0.05) is 0 Å². The Kier molecular flexibility index (Phi) is 3.68. The van der Waals surface area contributed by atoms with Crippen molar-refractivity contribution in [1.82, 2.24) is 0 Å². The van der Waals surface area contributed by atoms with Crippen LogP contribution >= 0.6 is 0 Å². The van der Waals surface area contributed by atoms with Crippen molar-refractivity contribution in [2.45, 2.75) is 51.7 Å². The summed E-state index contributed by atoms with van der Waals surface area (Å²) in [7, 11) is 0. The predicted molar refractivity (Wildman–Crippen MR) is 61.6 cm³/mol. The highest BCUT2D eigenvalue weighted by Crippen LogP contribution is 2.42. The van der Waals surface area contributed by atoms with Gasteiger partial charge in [-0.15, -0.1) is 0 Å². The van der Waals surface area contributed by atoms with E-state index in [1.807, 2.05) is 0 Å². The molecular formula is C13H18O5. The van der Waals surface area contributed by atoms with Crippen molar-refractivity contribution in [2.24, 2.45) is 11.8 Å². The fraction of sp³-hybridized carbons (Fsp3) is 0.769. The first-order valence-corrected chi connectivity index (χ1v) is 6.32. The monoisotopic (exact) mass is 254 g/mol. The second-order valence-electron chi connectivity index (χ2n) is 5.23. The van der Waals surface area contributed by atoms with Crippen molar-refractivity contribution < 1.29 is 23.9 Å².